The molecule has 0 radical (unpaired) electrons. The van der Waals surface area contributed by atoms with Gasteiger partial charge in [0.1, 0.15) is 5.82 Å². The molecule has 0 aliphatic heterocycles. The molecule has 0 amide bonds. The second-order valence-corrected chi connectivity index (χ2v) is 4.89. The van der Waals surface area contributed by atoms with Gasteiger partial charge in [-0.05, 0) is 24.6 Å². The molecule has 2 N–H and O–H groups in total. The van der Waals surface area contributed by atoms with Crippen LogP contribution in [0, 0.1) is 0 Å². The zero-order valence-electron chi connectivity index (χ0n) is 12.4. The zero-order valence-corrected chi connectivity index (χ0v) is 12.4. The van der Waals surface area contributed by atoms with E-state index in [9.17, 15) is 0 Å². The number of anilines is 4. The van der Waals surface area contributed by atoms with Crippen LogP contribution in [0.25, 0.3) is 0 Å². The summed E-state index contributed by atoms with van der Waals surface area (Å²) in [4.78, 5) is 6.41. The van der Waals surface area contributed by atoms with Gasteiger partial charge in [-0.15, -0.1) is 0 Å². The summed E-state index contributed by atoms with van der Waals surface area (Å²) in [7, 11) is 4.09. The van der Waals surface area contributed by atoms with E-state index in [1.165, 1.54) is 0 Å². The summed E-state index contributed by atoms with van der Waals surface area (Å²) in [5, 5.41) is 6.75. The van der Waals surface area contributed by atoms with E-state index >= 15 is 0 Å². The number of nitrogens with zero attached hydrogens (tertiary/aromatic N) is 2. The minimum absolute atomic E-state index is 0.902. The van der Waals surface area contributed by atoms with Gasteiger partial charge in [-0.25, -0.2) is 4.98 Å². The number of aromatic nitrogens is 1. The lowest BCUT2D eigenvalue weighted by atomic mass is 10.2. The van der Waals surface area contributed by atoms with Crippen LogP contribution in [0.5, 0.6) is 0 Å². The lowest BCUT2D eigenvalue weighted by Gasteiger charge is -2.18. The molecule has 1 aromatic heterocycles. The maximum Gasteiger partial charge on any atom is 0.127 e. The summed E-state index contributed by atoms with van der Waals surface area (Å²) in [6, 6.07) is 12.3. The van der Waals surface area contributed by atoms with Gasteiger partial charge in [-0.1, -0.05) is 19.1 Å². The number of benzene rings is 1. The normalized spacial score (nSPS) is 10.2. The molecule has 20 heavy (non-hydrogen) atoms. The summed E-state index contributed by atoms with van der Waals surface area (Å²) < 4.78 is 0. The Morgan fingerprint density at radius 3 is 2.70 bits per heavy atom. The Hall–Kier alpha value is -2.23. The fraction of sp³-hybridized carbons (Fsp3) is 0.312. The van der Waals surface area contributed by atoms with Crippen LogP contribution in [0.4, 0.5) is 22.9 Å². The summed E-state index contributed by atoms with van der Waals surface area (Å²) in [5.41, 5.74) is 3.28. The highest BCUT2D eigenvalue weighted by Crippen LogP contribution is 2.27. The number of para-hydroxylation sites is 2. The van der Waals surface area contributed by atoms with Crippen molar-refractivity contribution in [2.75, 3.05) is 36.2 Å². The van der Waals surface area contributed by atoms with Gasteiger partial charge in [0, 0.05) is 38.6 Å². The second-order valence-electron chi connectivity index (χ2n) is 4.89. The van der Waals surface area contributed by atoms with Crippen molar-refractivity contribution >= 4 is 22.9 Å². The monoisotopic (exact) mass is 270 g/mol. The summed E-state index contributed by atoms with van der Waals surface area (Å²) in [6.45, 7) is 3.08. The number of pyridine rings is 1. The van der Waals surface area contributed by atoms with E-state index in [1.54, 1.807) is 0 Å². The molecule has 0 aliphatic rings. The molecular formula is C16H22N4. The van der Waals surface area contributed by atoms with E-state index in [2.05, 4.69) is 39.6 Å². The van der Waals surface area contributed by atoms with Gasteiger partial charge < -0.3 is 15.5 Å². The SMILES string of the molecule is CCCNc1cc(Nc2ccccc2N(C)C)ccn1. The molecule has 0 unspecified atom stereocenters. The third-order valence-electron chi connectivity index (χ3n) is 2.98. The largest absolute Gasteiger partial charge is 0.376 e. The highest BCUT2D eigenvalue weighted by atomic mass is 15.1. The van der Waals surface area contributed by atoms with E-state index in [4.69, 9.17) is 0 Å². The van der Waals surface area contributed by atoms with Crippen LogP contribution in [-0.4, -0.2) is 25.6 Å². The highest BCUT2D eigenvalue weighted by molar-refractivity contribution is 5.75. The van der Waals surface area contributed by atoms with Crippen molar-refractivity contribution in [2.24, 2.45) is 0 Å². The van der Waals surface area contributed by atoms with Crippen molar-refractivity contribution in [3.05, 3.63) is 42.6 Å². The third-order valence-corrected chi connectivity index (χ3v) is 2.98. The van der Waals surface area contributed by atoms with Crippen molar-refractivity contribution < 1.29 is 0 Å². The molecule has 0 saturated heterocycles. The smallest absolute Gasteiger partial charge is 0.127 e. The van der Waals surface area contributed by atoms with E-state index in [1.807, 2.05) is 44.6 Å². The lowest BCUT2D eigenvalue weighted by Crippen LogP contribution is -2.10. The Balaban J connectivity index is 2.17. The van der Waals surface area contributed by atoms with Crippen molar-refractivity contribution in [1.29, 1.82) is 0 Å². The van der Waals surface area contributed by atoms with Gasteiger partial charge in [-0.2, -0.15) is 0 Å². The van der Waals surface area contributed by atoms with Crippen LogP contribution in [0.15, 0.2) is 42.6 Å². The van der Waals surface area contributed by atoms with Gasteiger partial charge in [0.25, 0.3) is 0 Å². The Morgan fingerprint density at radius 1 is 1.15 bits per heavy atom. The number of nitrogens with one attached hydrogen (secondary N) is 2. The van der Waals surface area contributed by atoms with Crippen LogP contribution in [0.2, 0.25) is 0 Å². The standard InChI is InChI=1S/C16H22N4/c1-4-10-17-16-12-13(9-11-18-16)19-14-7-5-6-8-15(14)20(2)3/h5-9,11-12H,4,10H2,1-3H3,(H2,17,18,19). The van der Waals surface area contributed by atoms with E-state index in [-0.39, 0.29) is 0 Å². The van der Waals surface area contributed by atoms with Crippen molar-refractivity contribution in [3.63, 3.8) is 0 Å². The first-order chi connectivity index (χ1) is 9.70. The summed E-state index contributed by atoms with van der Waals surface area (Å²) in [6.07, 6.45) is 2.90. The van der Waals surface area contributed by atoms with Crippen molar-refractivity contribution in [3.8, 4) is 0 Å². The maximum absolute atomic E-state index is 4.31. The lowest BCUT2D eigenvalue weighted by molar-refractivity contribution is 0.969. The Morgan fingerprint density at radius 2 is 1.95 bits per heavy atom. The van der Waals surface area contributed by atoms with Crippen LogP contribution in [0.3, 0.4) is 0 Å². The third kappa shape index (κ3) is 3.63. The van der Waals surface area contributed by atoms with Crippen LogP contribution in [0.1, 0.15) is 13.3 Å². The maximum atomic E-state index is 4.31. The quantitative estimate of drug-likeness (QED) is 0.839. The minimum Gasteiger partial charge on any atom is -0.376 e. The van der Waals surface area contributed by atoms with E-state index < -0.39 is 0 Å². The number of hydrogen-bond donors (Lipinski definition) is 2. The van der Waals surface area contributed by atoms with E-state index in [0.717, 1.165) is 35.8 Å². The second kappa shape index (κ2) is 6.80. The first kappa shape index (κ1) is 14.2. The van der Waals surface area contributed by atoms with Crippen molar-refractivity contribution in [2.45, 2.75) is 13.3 Å². The fourth-order valence-electron chi connectivity index (χ4n) is 1.98. The molecular weight excluding hydrogens is 248 g/mol. The summed E-state index contributed by atoms with van der Waals surface area (Å²) in [5.74, 6) is 0.902. The molecule has 4 nitrogen and oxygen atoms in total. The highest BCUT2D eigenvalue weighted by Gasteiger charge is 2.04. The molecule has 4 heteroatoms. The van der Waals surface area contributed by atoms with Gasteiger partial charge in [-0.3, -0.25) is 0 Å². The molecule has 1 heterocycles. The molecule has 0 aliphatic carbocycles. The zero-order chi connectivity index (χ0) is 14.4. The molecule has 2 aromatic rings. The number of rotatable bonds is 6. The molecule has 0 atom stereocenters. The van der Waals surface area contributed by atoms with Gasteiger partial charge in [0.2, 0.25) is 0 Å². The molecule has 0 fully saturated rings. The predicted molar refractivity (Wildman–Crippen MR) is 87.1 cm³/mol. The first-order valence-corrected chi connectivity index (χ1v) is 6.94. The van der Waals surface area contributed by atoms with Gasteiger partial charge in [0.05, 0.1) is 11.4 Å². The molecule has 106 valence electrons. The average molecular weight is 270 g/mol. The number of hydrogen-bond acceptors (Lipinski definition) is 4. The topological polar surface area (TPSA) is 40.2 Å². The van der Waals surface area contributed by atoms with Crippen LogP contribution < -0.4 is 15.5 Å². The molecule has 0 bridgehead atoms. The first-order valence-electron chi connectivity index (χ1n) is 6.94. The van der Waals surface area contributed by atoms with Gasteiger partial charge in [0.15, 0.2) is 0 Å². The van der Waals surface area contributed by atoms with Crippen molar-refractivity contribution in [1.82, 2.24) is 4.98 Å². The Labute approximate surface area is 120 Å². The van der Waals surface area contributed by atoms with Crippen LogP contribution >= 0.6 is 0 Å². The molecule has 0 spiro atoms. The van der Waals surface area contributed by atoms with E-state index in [0.29, 0.717) is 0 Å². The Bertz CT molecular complexity index is 552. The Kier molecular flexibility index (Phi) is 4.82. The molecule has 2 rings (SSSR count). The molecule has 0 saturated carbocycles. The van der Waals surface area contributed by atoms with Gasteiger partial charge >= 0.3 is 0 Å². The minimum atomic E-state index is 0.902. The predicted octanol–water partition coefficient (Wildman–Crippen LogP) is 3.71. The fourth-order valence-corrected chi connectivity index (χ4v) is 1.98. The van der Waals surface area contributed by atoms with Crippen LogP contribution in [-0.2, 0) is 0 Å². The molecule has 1 aromatic carbocycles. The summed E-state index contributed by atoms with van der Waals surface area (Å²) >= 11 is 0. The average Bonchev–Trinajstić information content (AvgIpc) is 2.46.